The van der Waals surface area contributed by atoms with Crippen LogP contribution in [0.25, 0.3) is 0 Å². The number of rotatable bonds is 7. The van der Waals surface area contributed by atoms with Crippen molar-refractivity contribution in [3.63, 3.8) is 0 Å². The van der Waals surface area contributed by atoms with E-state index in [1.807, 2.05) is 13.8 Å². The largest absolute Gasteiger partial charge is 0.390 e. The van der Waals surface area contributed by atoms with Crippen molar-refractivity contribution < 1.29 is 19.7 Å². The lowest BCUT2D eigenvalue weighted by Crippen LogP contribution is -2.55. The monoisotopic (exact) mass is 279 g/mol. The molecule has 1 saturated heterocycles. The average molecular weight is 279 g/mol. The quantitative estimate of drug-likeness (QED) is 0.577. The Hall–Kier alpha value is 0.150. The fourth-order valence-corrected chi connectivity index (χ4v) is 3.13. The maximum Gasteiger partial charge on any atom is 0.186 e. The van der Waals surface area contributed by atoms with E-state index in [9.17, 15) is 10.2 Å². The highest BCUT2D eigenvalue weighted by Gasteiger charge is 2.43. The molecule has 4 N–H and O–H groups in total. The van der Waals surface area contributed by atoms with Crippen LogP contribution in [-0.2, 0) is 9.47 Å². The first-order chi connectivity index (χ1) is 8.65. The van der Waals surface area contributed by atoms with Crippen LogP contribution < -0.4 is 5.73 Å². The molecule has 18 heavy (non-hydrogen) atoms. The molecule has 0 bridgehead atoms. The van der Waals surface area contributed by atoms with Crippen molar-refractivity contribution in [3.05, 3.63) is 0 Å². The molecule has 0 spiro atoms. The van der Waals surface area contributed by atoms with E-state index in [0.29, 0.717) is 13.2 Å². The van der Waals surface area contributed by atoms with Crippen molar-refractivity contribution in [2.45, 2.75) is 44.9 Å². The van der Waals surface area contributed by atoms with Gasteiger partial charge in [-0.05, 0) is 13.3 Å². The van der Waals surface area contributed by atoms with Crippen molar-refractivity contribution in [1.82, 2.24) is 0 Å². The molecule has 0 aromatic carbocycles. The molecule has 5 nitrogen and oxygen atoms in total. The zero-order chi connectivity index (χ0) is 13.5. The predicted octanol–water partition coefficient (Wildman–Crippen LogP) is 0.188. The molecule has 0 aromatic rings. The summed E-state index contributed by atoms with van der Waals surface area (Å²) in [5, 5.41) is 20.1. The molecule has 6 heteroatoms. The van der Waals surface area contributed by atoms with E-state index in [4.69, 9.17) is 15.2 Å². The molecule has 0 aliphatic carbocycles. The minimum absolute atomic E-state index is 0.0537. The highest BCUT2D eigenvalue weighted by molar-refractivity contribution is 7.99. The summed E-state index contributed by atoms with van der Waals surface area (Å²) in [4.78, 5) is 0. The van der Waals surface area contributed by atoms with Gasteiger partial charge >= 0.3 is 0 Å². The van der Waals surface area contributed by atoms with Gasteiger partial charge < -0.3 is 25.4 Å². The van der Waals surface area contributed by atoms with E-state index in [1.54, 1.807) is 11.8 Å². The normalized spacial score (nSPS) is 36.8. The van der Waals surface area contributed by atoms with Crippen molar-refractivity contribution >= 4 is 11.8 Å². The van der Waals surface area contributed by atoms with Crippen LogP contribution in [0.5, 0.6) is 0 Å². The molecule has 1 heterocycles. The van der Waals surface area contributed by atoms with Gasteiger partial charge in [-0.3, -0.25) is 0 Å². The summed E-state index contributed by atoms with van der Waals surface area (Å²) >= 11 is 1.70. The van der Waals surface area contributed by atoms with E-state index >= 15 is 0 Å². The average Bonchev–Trinajstić information content (AvgIpc) is 2.36. The molecule has 0 aromatic heterocycles. The molecule has 1 fully saturated rings. The Kier molecular flexibility index (Phi) is 7.51. The lowest BCUT2D eigenvalue weighted by molar-refractivity contribution is -0.280. The lowest BCUT2D eigenvalue weighted by Gasteiger charge is -2.42. The Labute approximate surface area is 113 Å². The van der Waals surface area contributed by atoms with Gasteiger partial charge in [0, 0.05) is 30.6 Å². The van der Waals surface area contributed by atoms with Crippen LogP contribution in [0.15, 0.2) is 0 Å². The first kappa shape index (κ1) is 16.2. The second-order valence-corrected chi connectivity index (χ2v) is 5.56. The summed E-state index contributed by atoms with van der Waals surface area (Å²) in [7, 11) is 0. The minimum atomic E-state index is -0.967. The maximum absolute atomic E-state index is 10.1. The zero-order valence-corrected chi connectivity index (χ0v) is 11.9. The van der Waals surface area contributed by atoms with Gasteiger partial charge in [0.05, 0.1) is 12.2 Å². The topological polar surface area (TPSA) is 84.9 Å². The minimum Gasteiger partial charge on any atom is -0.390 e. The van der Waals surface area contributed by atoms with Gasteiger partial charge in [-0.15, -0.1) is 0 Å². The third-order valence-electron chi connectivity index (χ3n) is 3.20. The van der Waals surface area contributed by atoms with Gasteiger partial charge in [-0.2, -0.15) is 11.8 Å². The molecule has 5 atom stereocenters. The summed E-state index contributed by atoms with van der Waals surface area (Å²) in [5.74, 6) is 1.58. The standard InChI is InChI=1S/C12H25NO4S/c1-3-8-9(7-18-6-5-13)17-12(16-4-2)11(15)10(8)14/h8-12,14-15H,3-7,13H2,1-2H3/t8?,9?,10?,11?,12-/m1/s1. The van der Waals surface area contributed by atoms with Crippen molar-refractivity contribution in [1.29, 1.82) is 0 Å². The fourth-order valence-electron chi connectivity index (χ4n) is 2.24. The van der Waals surface area contributed by atoms with Crippen LogP contribution in [0.3, 0.4) is 0 Å². The number of hydrogen-bond donors (Lipinski definition) is 3. The van der Waals surface area contributed by atoms with E-state index in [-0.39, 0.29) is 12.0 Å². The van der Waals surface area contributed by atoms with Crippen LogP contribution >= 0.6 is 11.8 Å². The molecular weight excluding hydrogens is 254 g/mol. The second-order valence-electron chi connectivity index (χ2n) is 4.42. The first-order valence-electron chi connectivity index (χ1n) is 6.56. The molecule has 0 amide bonds. The number of aliphatic hydroxyl groups is 2. The summed E-state index contributed by atoms with van der Waals surface area (Å²) in [5.41, 5.74) is 5.46. The molecule has 108 valence electrons. The zero-order valence-electron chi connectivity index (χ0n) is 11.1. The molecular formula is C12H25NO4S. The molecule has 1 aliphatic heterocycles. The maximum atomic E-state index is 10.1. The SMILES string of the molecule is CCO[C@@H]1OC(CSCCN)C(CC)C(O)C1O. The first-order valence-corrected chi connectivity index (χ1v) is 7.72. The number of hydrogen-bond acceptors (Lipinski definition) is 6. The Morgan fingerprint density at radius 2 is 2.00 bits per heavy atom. The number of thioether (sulfide) groups is 1. The van der Waals surface area contributed by atoms with Gasteiger partial charge in [0.25, 0.3) is 0 Å². The third kappa shape index (κ3) is 4.08. The molecule has 1 aliphatic rings. The van der Waals surface area contributed by atoms with Gasteiger partial charge in [0.2, 0.25) is 0 Å². The summed E-state index contributed by atoms with van der Waals surface area (Å²) in [6, 6.07) is 0. The van der Waals surface area contributed by atoms with Crippen LogP contribution in [0.4, 0.5) is 0 Å². The smallest absolute Gasteiger partial charge is 0.186 e. The number of ether oxygens (including phenoxy) is 2. The summed E-state index contributed by atoms with van der Waals surface area (Å²) in [6.07, 6.45) is -1.81. The van der Waals surface area contributed by atoms with Crippen LogP contribution in [-0.4, -0.2) is 59.5 Å². The van der Waals surface area contributed by atoms with Gasteiger partial charge in [-0.1, -0.05) is 6.92 Å². The Bertz CT molecular complexity index is 230. The van der Waals surface area contributed by atoms with Crippen molar-refractivity contribution in [3.8, 4) is 0 Å². The highest BCUT2D eigenvalue weighted by atomic mass is 32.2. The van der Waals surface area contributed by atoms with E-state index < -0.39 is 18.5 Å². The van der Waals surface area contributed by atoms with Crippen molar-refractivity contribution in [2.75, 3.05) is 24.7 Å². The summed E-state index contributed by atoms with van der Waals surface area (Å²) < 4.78 is 11.1. The molecule has 0 radical (unpaired) electrons. The van der Waals surface area contributed by atoms with Crippen LogP contribution in [0.2, 0.25) is 0 Å². The van der Waals surface area contributed by atoms with Crippen LogP contribution in [0.1, 0.15) is 20.3 Å². The van der Waals surface area contributed by atoms with E-state index in [2.05, 4.69) is 0 Å². The predicted molar refractivity (Wildman–Crippen MR) is 72.5 cm³/mol. The number of aliphatic hydroxyl groups excluding tert-OH is 2. The van der Waals surface area contributed by atoms with Crippen molar-refractivity contribution in [2.24, 2.45) is 11.7 Å². The fraction of sp³-hybridized carbons (Fsp3) is 1.00. The molecule has 4 unspecified atom stereocenters. The third-order valence-corrected chi connectivity index (χ3v) is 4.29. The molecule has 1 rings (SSSR count). The summed E-state index contributed by atoms with van der Waals surface area (Å²) in [6.45, 7) is 4.92. The van der Waals surface area contributed by atoms with Crippen LogP contribution in [0, 0.1) is 5.92 Å². The second kappa shape index (κ2) is 8.35. The van der Waals surface area contributed by atoms with Gasteiger partial charge in [0.1, 0.15) is 6.10 Å². The Balaban J connectivity index is 2.60. The molecule has 0 saturated carbocycles. The highest BCUT2D eigenvalue weighted by Crippen LogP contribution is 2.30. The van der Waals surface area contributed by atoms with Gasteiger partial charge in [-0.25, -0.2) is 0 Å². The van der Waals surface area contributed by atoms with Gasteiger partial charge in [0.15, 0.2) is 6.29 Å². The lowest BCUT2D eigenvalue weighted by atomic mass is 9.87. The van der Waals surface area contributed by atoms with E-state index in [0.717, 1.165) is 17.9 Å². The Morgan fingerprint density at radius 3 is 2.56 bits per heavy atom. The number of nitrogens with two attached hydrogens (primary N) is 1. The Morgan fingerprint density at radius 1 is 1.28 bits per heavy atom. The van der Waals surface area contributed by atoms with E-state index in [1.165, 1.54) is 0 Å².